The number of nitrogens with zero attached hydrogens (tertiary/aromatic N) is 3. The van der Waals surface area contributed by atoms with Crippen LogP contribution in [0.25, 0.3) is 10.9 Å². The van der Waals surface area contributed by atoms with Crippen LogP contribution in [0.2, 0.25) is 0 Å². The highest BCUT2D eigenvalue weighted by atomic mass is 16.6. The molecule has 0 bridgehead atoms. The largest absolute Gasteiger partial charge is 0.478 e. The normalized spacial score (nSPS) is 12.4. The van der Waals surface area contributed by atoms with Crippen molar-refractivity contribution in [3.8, 4) is 0 Å². The molecule has 9 nitrogen and oxygen atoms in total. The number of aromatic nitrogens is 3. The van der Waals surface area contributed by atoms with Crippen molar-refractivity contribution in [3.63, 3.8) is 0 Å². The summed E-state index contributed by atoms with van der Waals surface area (Å²) in [7, 11) is 1.55. The Morgan fingerprint density at radius 3 is 2.74 bits per heavy atom. The summed E-state index contributed by atoms with van der Waals surface area (Å²) in [6, 6.07) is 6.54. The van der Waals surface area contributed by atoms with Gasteiger partial charge in [-0.3, -0.25) is 4.79 Å². The number of benzene rings is 1. The molecule has 1 unspecified atom stereocenters. The second kappa shape index (κ2) is 8.32. The lowest BCUT2D eigenvalue weighted by Crippen LogP contribution is -2.35. The third-order valence-corrected chi connectivity index (χ3v) is 2.96. The zero-order chi connectivity index (χ0) is 16.7. The number of rotatable bonds is 9. The van der Waals surface area contributed by atoms with E-state index in [-0.39, 0.29) is 18.6 Å². The van der Waals surface area contributed by atoms with Crippen molar-refractivity contribution >= 4 is 16.9 Å². The first kappa shape index (κ1) is 17.0. The van der Waals surface area contributed by atoms with E-state index < -0.39 is 17.8 Å². The zero-order valence-corrected chi connectivity index (χ0v) is 12.5. The molecule has 1 N–H and O–H groups in total. The minimum absolute atomic E-state index is 0.0123. The number of carbonyl (C=O) groups is 1. The van der Waals surface area contributed by atoms with E-state index in [1.54, 1.807) is 31.4 Å². The molecule has 0 aliphatic heterocycles. The Bertz CT molecular complexity index is 717. The summed E-state index contributed by atoms with van der Waals surface area (Å²) in [6.07, 6.45) is -1.56. The van der Waals surface area contributed by atoms with E-state index >= 15 is 0 Å². The predicted octanol–water partition coefficient (Wildman–Crippen LogP) is 0.0543. The van der Waals surface area contributed by atoms with Gasteiger partial charge in [-0.1, -0.05) is 17.3 Å². The first-order valence-electron chi connectivity index (χ1n) is 6.90. The third-order valence-electron chi connectivity index (χ3n) is 2.96. The summed E-state index contributed by atoms with van der Waals surface area (Å²) in [5, 5.41) is 17.0. The number of hydrogen-bond donors (Lipinski definition) is 1. The van der Waals surface area contributed by atoms with Crippen LogP contribution in [0.1, 0.15) is 6.23 Å². The van der Waals surface area contributed by atoms with Gasteiger partial charge in [0, 0.05) is 7.11 Å². The van der Waals surface area contributed by atoms with Gasteiger partial charge in [0.15, 0.2) is 0 Å². The van der Waals surface area contributed by atoms with Crippen molar-refractivity contribution in [2.75, 3.05) is 33.5 Å². The smallest absolute Gasteiger partial charge is 0.356 e. The standard InChI is InChI=1S/C14H17N3O6/c1-21-6-7-22-8-9-23-13(14(19)20)17-12(18)10-4-2-3-5-11(10)15-16-17/h2-5,13H,6-9H2,1H3,(H,19,20). The summed E-state index contributed by atoms with van der Waals surface area (Å²) in [5.74, 6) is -1.34. The summed E-state index contributed by atoms with van der Waals surface area (Å²) < 4.78 is 15.9. The SMILES string of the molecule is COCCOCCOC(C(=O)O)n1nnc2ccccc2c1=O. The van der Waals surface area contributed by atoms with Crippen LogP contribution in [0, 0.1) is 0 Å². The summed E-state index contributed by atoms with van der Waals surface area (Å²) in [4.78, 5) is 23.7. The number of methoxy groups -OCH3 is 1. The van der Waals surface area contributed by atoms with Crippen LogP contribution in [0.15, 0.2) is 29.1 Å². The fourth-order valence-electron chi connectivity index (χ4n) is 1.86. The number of aliphatic carboxylic acids is 1. The maximum absolute atomic E-state index is 12.3. The highest BCUT2D eigenvalue weighted by molar-refractivity contribution is 5.77. The summed E-state index contributed by atoms with van der Waals surface area (Å²) in [6.45, 7) is 0.954. The molecule has 0 aliphatic rings. The fraction of sp³-hybridized carbons (Fsp3) is 0.429. The molecule has 9 heteroatoms. The lowest BCUT2D eigenvalue weighted by molar-refractivity contribution is -0.160. The zero-order valence-electron chi connectivity index (χ0n) is 12.5. The van der Waals surface area contributed by atoms with Crippen molar-refractivity contribution in [2.24, 2.45) is 0 Å². The predicted molar refractivity (Wildman–Crippen MR) is 79.1 cm³/mol. The third kappa shape index (κ3) is 4.31. The molecule has 1 aromatic carbocycles. The van der Waals surface area contributed by atoms with Gasteiger partial charge in [0.1, 0.15) is 5.52 Å². The molecular formula is C14H17N3O6. The van der Waals surface area contributed by atoms with Crippen molar-refractivity contribution < 1.29 is 24.1 Å². The number of carboxylic acid groups (broad SMARTS) is 1. The van der Waals surface area contributed by atoms with E-state index in [1.807, 2.05) is 0 Å². The molecule has 23 heavy (non-hydrogen) atoms. The van der Waals surface area contributed by atoms with Crippen LogP contribution < -0.4 is 5.56 Å². The van der Waals surface area contributed by atoms with Gasteiger partial charge in [-0.05, 0) is 12.1 Å². The molecule has 0 aliphatic carbocycles. The van der Waals surface area contributed by atoms with Crippen LogP contribution in [-0.4, -0.2) is 59.6 Å². The Kier molecular flexibility index (Phi) is 6.15. The quantitative estimate of drug-likeness (QED) is 0.644. The lowest BCUT2D eigenvalue weighted by atomic mass is 10.2. The Hall–Kier alpha value is -2.36. The molecule has 1 atom stereocenters. The Labute approximate surface area is 131 Å². The first-order chi connectivity index (χ1) is 11.1. The van der Waals surface area contributed by atoms with Crippen LogP contribution >= 0.6 is 0 Å². The minimum Gasteiger partial charge on any atom is -0.478 e. The number of fused-ring (bicyclic) bond motifs is 1. The van der Waals surface area contributed by atoms with Gasteiger partial charge in [0.25, 0.3) is 11.8 Å². The molecular weight excluding hydrogens is 306 g/mol. The van der Waals surface area contributed by atoms with Gasteiger partial charge in [-0.2, -0.15) is 4.68 Å². The van der Waals surface area contributed by atoms with E-state index in [4.69, 9.17) is 14.2 Å². The van der Waals surface area contributed by atoms with Crippen molar-refractivity contribution in [2.45, 2.75) is 6.23 Å². The molecule has 0 saturated heterocycles. The van der Waals surface area contributed by atoms with Gasteiger partial charge in [0.05, 0.1) is 31.8 Å². The van der Waals surface area contributed by atoms with Gasteiger partial charge in [-0.15, -0.1) is 5.10 Å². The molecule has 0 spiro atoms. The first-order valence-corrected chi connectivity index (χ1v) is 6.90. The summed E-state index contributed by atoms with van der Waals surface area (Å²) in [5.41, 5.74) is -0.191. The highest BCUT2D eigenvalue weighted by Gasteiger charge is 2.24. The molecule has 1 aromatic heterocycles. The molecule has 2 aromatic rings. The Morgan fingerprint density at radius 2 is 2.00 bits per heavy atom. The van der Waals surface area contributed by atoms with Gasteiger partial charge in [0.2, 0.25) is 0 Å². The number of carboxylic acids is 1. The van der Waals surface area contributed by atoms with Crippen LogP contribution in [0.5, 0.6) is 0 Å². The molecule has 1 heterocycles. The Morgan fingerprint density at radius 1 is 1.26 bits per heavy atom. The van der Waals surface area contributed by atoms with E-state index in [0.717, 1.165) is 0 Å². The highest BCUT2D eigenvalue weighted by Crippen LogP contribution is 2.08. The fourth-order valence-corrected chi connectivity index (χ4v) is 1.86. The van der Waals surface area contributed by atoms with Crippen molar-refractivity contribution in [1.82, 2.24) is 15.0 Å². The Balaban J connectivity index is 2.10. The molecule has 0 fully saturated rings. The summed E-state index contributed by atoms with van der Waals surface area (Å²) >= 11 is 0. The van der Waals surface area contributed by atoms with Crippen LogP contribution in [0.3, 0.4) is 0 Å². The molecule has 0 saturated carbocycles. The topological polar surface area (TPSA) is 113 Å². The second-order valence-electron chi connectivity index (χ2n) is 4.52. The maximum Gasteiger partial charge on any atom is 0.356 e. The molecule has 124 valence electrons. The average molecular weight is 323 g/mol. The van der Waals surface area contributed by atoms with Gasteiger partial charge in [-0.25, -0.2) is 4.79 Å². The van der Waals surface area contributed by atoms with E-state index in [2.05, 4.69) is 10.3 Å². The van der Waals surface area contributed by atoms with E-state index in [0.29, 0.717) is 23.4 Å². The molecule has 0 radical (unpaired) electrons. The van der Waals surface area contributed by atoms with E-state index in [9.17, 15) is 14.7 Å². The van der Waals surface area contributed by atoms with E-state index in [1.165, 1.54) is 0 Å². The van der Waals surface area contributed by atoms with Crippen LogP contribution in [-0.2, 0) is 19.0 Å². The van der Waals surface area contributed by atoms with Crippen molar-refractivity contribution in [3.05, 3.63) is 34.6 Å². The molecule has 0 amide bonds. The van der Waals surface area contributed by atoms with Gasteiger partial charge < -0.3 is 19.3 Å². The minimum atomic E-state index is -1.56. The maximum atomic E-state index is 12.3. The monoisotopic (exact) mass is 323 g/mol. The van der Waals surface area contributed by atoms with Crippen molar-refractivity contribution in [1.29, 1.82) is 0 Å². The van der Waals surface area contributed by atoms with Gasteiger partial charge >= 0.3 is 5.97 Å². The van der Waals surface area contributed by atoms with Crippen LogP contribution in [0.4, 0.5) is 0 Å². The average Bonchev–Trinajstić information content (AvgIpc) is 2.55. The lowest BCUT2D eigenvalue weighted by Gasteiger charge is -2.14. The number of hydrogen-bond acceptors (Lipinski definition) is 7. The molecule has 2 rings (SSSR count). The second-order valence-corrected chi connectivity index (χ2v) is 4.52. The number of ether oxygens (including phenoxy) is 3.